The molecule has 1 aliphatic rings. The van der Waals surface area contributed by atoms with Gasteiger partial charge < -0.3 is 9.84 Å². The standard InChI is InChI=1S/C22H16ClNO4S/c1-28-16-9-3-2-8-15(16)24-19(17-10-5-11-29-17)18(21(26)22(24)27)20(25)13-6-4-7-14(23)12-13/h2-12,19,25H,1H3/b20-18-. The first-order valence-electron chi connectivity index (χ1n) is 8.76. The fraction of sp³-hybridized carbons (Fsp3) is 0.0909. The van der Waals surface area contributed by atoms with Crippen molar-refractivity contribution in [3.8, 4) is 5.75 Å². The van der Waals surface area contributed by atoms with Crippen LogP contribution >= 0.6 is 22.9 Å². The average Bonchev–Trinajstić information content (AvgIpc) is 3.35. The monoisotopic (exact) mass is 425 g/mol. The molecule has 0 aliphatic carbocycles. The van der Waals surface area contributed by atoms with Crippen LogP contribution in [-0.4, -0.2) is 23.9 Å². The Bertz CT molecular complexity index is 1120. The number of halogens is 1. The van der Waals surface area contributed by atoms with Crippen LogP contribution in [0.5, 0.6) is 5.75 Å². The lowest BCUT2D eigenvalue weighted by molar-refractivity contribution is -0.132. The molecule has 1 unspecified atom stereocenters. The minimum atomic E-state index is -0.773. The number of rotatable bonds is 4. The molecule has 1 fully saturated rings. The van der Waals surface area contributed by atoms with E-state index in [2.05, 4.69) is 0 Å². The van der Waals surface area contributed by atoms with E-state index in [-0.39, 0.29) is 11.3 Å². The van der Waals surface area contributed by atoms with Crippen LogP contribution in [0.3, 0.4) is 0 Å². The molecule has 4 rings (SSSR count). The Labute approximate surface area is 176 Å². The Hall–Kier alpha value is -3.09. The smallest absolute Gasteiger partial charge is 0.300 e. The van der Waals surface area contributed by atoms with Gasteiger partial charge >= 0.3 is 0 Å². The van der Waals surface area contributed by atoms with Crippen molar-refractivity contribution in [2.24, 2.45) is 0 Å². The van der Waals surface area contributed by atoms with Crippen LogP contribution < -0.4 is 9.64 Å². The number of benzene rings is 2. The maximum atomic E-state index is 13.0. The van der Waals surface area contributed by atoms with E-state index in [1.165, 1.54) is 23.3 Å². The number of ketones is 1. The summed E-state index contributed by atoms with van der Waals surface area (Å²) in [5.74, 6) is -1.29. The summed E-state index contributed by atoms with van der Waals surface area (Å²) in [5.41, 5.74) is 0.850. The van der Waals surface area contributed by atoms with E-state index in [1.807, 2.05) is 17.5 Å². The number of ether oxygens (including phenoxy) is 1. The first kappa shape index (κ1) is 19.2. The molecule has 0 spiro atoms. The van der Waals surface area contributed by atoms with Gasteiger partial charge in [-0.25, -0.2) is 0 Å². The molecule has 7 heteroatoms. The largest absolute Gasteiger partial charge is 0.507 e. The zero-order chi connectivity index (χ0) is 20.5. The molecular formula is C22H16ClNO4S. The molecule has 0 bridgehead atoms. The number of carbonyl (C=O) groups excluding carboxylic acids is 2. The number of para-hydroxylation sites is 2. The van der Waals surface area contributed by atoms with Crippen molar-refractivity contribution < 1.29 is 19.4 Å². The molecule has 5 nitrogen and oxygen atoms in total. The first-order valence-corrected chi connectivity index (χ1v) is 10.0. The number of Topliss-reactive ketones (excluding diaryl/α,β-unsaturated/α-hetero) is 1. The molecule has 1 atom stereocenters. The minimum absolute atomic E-state index is 0.0191. The number of anilines is 1. The van der Waals surface area contributed by atoms with Crippen LogP contribution in [-0.2, 0) is 9.59 Å². The lowest BCUT2D eigenvalue weighted by atomic mass is 9.99. The molecular weight excluding hydrogens is 410 g/mol. The third kappa shape index (κ3) is 3.30. The lowest BCUT2D eigenvalue weighted by Gasteiger charge is -2.25. The van der Waals surface area contributed by atoms with E-state index in [9.17, 15) is 14.7 Å². The predicted octanol–water partition coefficient (Wildman–Crippen LogP) is 5.04. The maximum absolute atomic E-state index is 13.0. The Balaban J connectivity index is 1.96. The third-order valence-electron chi connectivity index (χ3n) is 4.70. The molecule has 1 aromatic heterocycles. The van der Waals surface area contributed by atoms with Crippen molar-refractivity contribution >= 4 is 46.1 Å². The van der Waals surface area contributed by atoms with Gasteiger partial charge in [-0.3, -0.25) is 14.5 Å². The number of amides is 1. The van der Waals surface area contributed by atoms with Crippen molar-refractivity contribution in [3.05, 3.63) is 87.1 Å². The van der Waals surface area contributed by atoms with Crippen LogP contribution in [0, 0.1) is 0 Å². The number of hydrogen-bond acceptors (Lipinski definition) is 5. The van der Waals surface area contributed by atoms with E-state index < -0.39 is 17.7 Å². The fourth-order valence-electron chi connectivity index (χ4n) is 3.42. The number of aliphatic hydroxyl groups excluding tert-OH is 1. The summed E-state index contributed by atoms with van der Waals surface area (Å²) in [6.07, 6.45) is 0. The molecule has 0 saturated carbocycles. The topological polar surface area (TPSA) is 66.8 Å². The van der Waals surface area contributed by atoms with Gasteiger partial charge in [0.1, 0.15) is 17.6 Å². The summed E-state index contributed by atoms with van der Waals surface area (Å²) >= 11 is 7.45. The van der Waals surface area contributed by atoms with Crippen LogP contribution in [0.1, 0.15) is 16.5 Å². The van der Waals surface area contributed by atoms with Crippen molar-refractivity contribution in [1.82, 2.24) is 0 Å². The van der Waals surface area contributed by atoms with E-state index in [0.717, 1.165) is 4.88 Å². The van der Waals surface area contributed by atoms with Crippen LogP contribution in [0.15, 0.2) is 71.6 Å². The first-order chi connectivity index (χ1) is 14.0. The molecule has 2 aromatic carbocycles. The van der Waals surface area contributed by atoms with Crippen LogP contribution in [0.2, 0.25) is 5.02 Å². The van der Waals surface area contributed by atoms with Gasteiger partial charge in [0.05, 0.1) is 18.4 Å². The fourth-order valence-corrected chi connectivity index (χ4v) is 4.43. The number of thiophene rings is 1. The average molecular weight is 426 g/mol. The van der Waals surface area contributed by atoms with Gasteiger partial charge in [-0.05, 0) is 35.7 Å². The van der Waals surface area contributed by atoms with Crippen molar-refractivity contribution in [1.29, 1.82) is 0 Å². The Kier molecular flexibility index (Phi) is 5.13. The van der Waals surface area contributed by atoms with E-state index >= 15 is 0 Å². The van der Waals surface area contributed by atoms with Crippen molar-refractivity contribution in [3.63, 3.8) is 0 Å². The van der Waals surface area contributed by atoms with E-state index in [1.54, 1.807) is 48.5 Å². The van der Waals surface area contributed by atoms with Crippen molar-refractivity contribution in [2.45, 2.75) is 6.04 Å². The highest BCUT2D eigenvalue weighted by atomic mass is 35.5. The highest BCUT2D eigenvalue weighted by Crippen LogP contribution is 2.45. The van der Waals surface area contributed by atoms with Gasteiger partial charge in [-0.2, -0.15) is 0 Å². The number of aliphatic hydroxyl groups is 1. The summed E-state index contributed by atoms with van der Waals surface area (Å²) in [6, 6.07) is 16.4. The van der Waals surface area contributed by atoms with E-state index in [0.29, 0.717) is 22.0 Å². The Morgan fingerprint density at radius 2 is 1.90 bits per heavy atom. The molecule has 146 valence electrons. The third-order valence-corrected chi connectivity index (χ3v) is 5.86. The summed E-state index contributed by atoms with van der Waals surface area (Å²) in [5, 5.41) is 13.3. The second kappa shape index (κ2) is 7.73. The summed E-state index contributed by atoms with van der Waals surface area (Å²) < 4.78 is 5.41. The maximum Gasteiger partial charge on any atom is 0.300 e. The molecule has 1 aliphatic heterocycles. The number of nitrogens with zero attached hydrogens (tertiary/aromatic N) is 1. The summed E-state index contributed by atoms with van der Waals surface area (Å²) in [7, 11) is 1.50. The summed E-state index contributed by atoms with van der Waals surface area (Å²) in [4.78, 5) is 28.2. The van der Waals surface area contributed by atoms with Crippen LogP contribution in [0.4, 0.5) is 5.69 Å². The highest BCUT2D eigenvalue weighted by Gasteiger charge is 2.48. The van der Waals surface area contributed by atoms with Gasteiger partial charge in [0, 0.05) is 15.5 Å². The van der Waals surface area contributed by atoms with Gasteiger partial charge in [0.2, 0.25) is 0 Å². The zero-order valence-electron chi connectivity index (χ0n) is 15.3. The highest BCUT2D eigenvalue weighted by molar-refractivity contribution is 7.10. The molecule has 0 radical (unpaired) electrons. The Morgan fingerprint density at radius 3 is 2.59 bits per heavy atom. The number of carbonyl (C=O) groups is 2. The van der Waals surface area contributed by atoms with Gasteiger partial charge in [0.25, 0.3) is 11.7 Å². The molecule has 1 N–H and O–H groups in total. The van der Waals surface area contributed by atoms with Crippen molar-refractivity contribution in [2.75, 3.05) is 12.0 Å². The molecule has 1 saturated heterocycles. The summed E-state index contributed by atoms with van der Waals surface area (Å²) in [6.45, 7) is 0. The number of hydrogen-bond donors (Lipinski definition) is 1. The Morgan fingerprint density at radius 1 is 1.10 bits per heavy atom. The van der Waals surface area contributed by atoms with Gasteiger partial charge in [0.15, 0.2) is 0 Å². The normalized spacial score (nSPS) is 18.3. The quantitative estimate of drug-likeness (QED) is 0.361. The van der Waals surface area contributed by atoms with Crippen LogP contribution in [0.25, 0.3) is 5.76 Å². The van der Waals surface area contributed by atoms with Gasteiger partial charge in [-0.15, -0.1) is 11.3 Å². The second-order valence-electron chi connectivity index (χ2n) is 6.37. The molecule has 29 heavy (non-hydrogen) atoms. The zero-order valence-corrected chi connectivity index (χ0v) is 16.9. The molecule has 3 aromatic rings. The van der Waals surface area contributed by atoms with Gasteiger partial charge in [-0.1, -0.05) is 41.9 Å². The lowest BCUT2D eigenvalue weighted by Crippen LogP contribution is -2.29. The predicted molar refractivity (Wildman–Crippen MR) is 114 cm³/mol. The minimum Gasteiger partial charge on any atom is -0.507 e. The van der Waals surface area contributed by atoms with E-state index in [4.69, 9.17) is 16.3 Å². The molecule has 1 amide bonds. The number of methoxy groups -OCH3 is 1. The second-order valence-corrected chi connectivity index (χ2v) is 7.78. The molecule has 2 heterocycles. The SMILES string of the molecule is COc1ccccc1N1C(=O)C(=O)/C(=C(\O)c2cccc(Cl)c2)C1c1cccs1.